The number of amides is 1. The second-order valence-corrected chi connectivity index (χ2v) is 5.83. The molecule has 0 spiro atoms. The van der Waals surface area contributed by atoms with Crippen LogP contribution in [0.15, 0.2) is 54.9 Å². The second-order valence-electron chi connectivity index (χ2n) is 5.43. The average Bonchev–Trinajstić information content (AvgIpc) is 2.67. The van der Waals surface area contributed by atoms with Crippen molar-refractivity contribution >= 4 is 34.7 Å². The molecule has 0 aliphatic rings. The highest BCUT2D eigenvalue weighted by molar-refractivity contribution is 6.31. The molecule has 0 unspecified atom stereocenters. The summed E-state index contributed by atoms with van der Waals surface area (Å²) in [6.45, 7) is 2.34. The number of carbonyl (C=O) groups is 1. The van der Waals surface area contributed by atoms with Gasteiger partial charge in [0.25, 0.3) is 5.91 Å². The van der Waals surface area contributed by atoms with Crippen LogP contribution in [0.4, 0.5) is 21.6 Å². The highest BCUT2D eigenvalue weighted by Crippen LogP contribution is 2.25. The van der Waals surface area contributed by atoms with E-state index in [1.54, 1.807) is 18.2 Å². The average molecular weight is 387 g/mol. The van der Waals surface area contributed by atoms with E-state index in [2.05, 4.69) is 20.6 Å². The Hall–Kier alpha value is -3.19. The van der Waals surface area contributed by atoms with E-state index in [1.165, 1.54) is 30.6 Å². The predicted octanol–water partition coefficient (Wildman–Crippen LogP) is 4.66. The first-order valence-corrected chi connectivity index (χ1v) is 8.52. The lowest BCUT2D eigenvalue weighted by atomic mass is 10.2. The summed E-state index contributed by atoms with van der Waals surface area (Å²) >= 11 is 5.77. The summed E-state index contributed by atoms with van der Waals surface area (Å²) < 4.78 is 18.7. The van der Waals surface area contributed by atoms with Gasteiger partial charge in [0.15, 0.2) is 0 Å². The molecule has 0 saturated carbocycles. The van der Waals surface area contributed by atoms with E-state index in [0.717, 1.165) is 0 Å². The van der Waals surface area contributed by atoms with E-state index in [0.29, 0.717) is 29.5 Å². The van der Waals surface area contributed by atoms with Crippen molar-refractivity contribution in [1.29, 1.82) is 0 Å². The molecule has 0 fully saturated rings. The molecule has 27 heavy (non-hydrogen) atoms. The second kappa shape index (κ2) is 8.46. The van der Waals surface area contributed by atoms with Gasteiger partial charge >= 0.3 is 0 Å². The standard InChI is InChI=1S/C19H16ClFN4O2/c1-2-27-17-6-4-3-5-15(17)25-19(26)16-10-18(23-11-22-16)24-12-7-8-14(21)13(20)9-12/h3-11H,2H2,1H3,(H,25,26)(H,22,23,24). The Kier molecular flexibility index (Phi) is 5.83. The van der Waals surface area contributed by atoms with E-state index in [9.17, 15) is 9.18 Å². The van der Waals surface area contributed by atoms with Crippen molar-refractivity contribution in [3.8, 4) is 5.75 Å². The first-order valence-electron chi connectivity index (χ1n) is 8.14. The molecule has 6 nitrogen and oxygen atoms in total. The molecule has 0 aliphatic heterocycles. The van der Waals surface area contributed by atoms with Crippen LogP contribution in [0.2, 0.25) is 5.02 Å². The number of rotatable bonds is 6. The van der Waals surface area contributed by atoms with Crippen LogP contribution in [0.5, 0.6) is 5.75 Å². The molecule has 0 saturated heterocycles. The van der Waals surface area contributed by atoms with Crippen molar-refractivity contribution in [2.75, 3.05) is 17.2 Å². The first-order chi connectivity index (χ1) is 13.1. The smallest absolute Gasteiger partial charge is 0.274 e. The van der Waals surface area contributed by atoms with Crippen molar-refractivity contribution in [2.24, 2.45) is 0 Å². The Bertz CT molecular complexity index is 968. The minimum Gasteiger partial charge on any atom is -0.492 e. The zero-order chi connectivity index (χ0) is 19.2. The maximum atomic E-state index is 13.3. The molecule has 3 aromatic rings. The van der Waals surface area contributed by atoms with Gasteiger partial charge in [-0.2, -0.15) is 0 Å². The highest BCUT2D eigenvalue weighted by atomic mass is 35.5. The van der Waals surface area contributed by atoms with Gasteiger partial charge in [0.1, 0.15) is 29.4 Å². The number of hydrogen-bond acceptors (Lipinski definition) is 5. The highest BCUT2D eigenvalue weighted by Gasteiger charge is 2.12. The number of hydrogen-bond donors (Lipinski definition) is 2. The first kappa shape index (κ1) is 18.6. The van der Waals surface area contributed by atoms with E-state index in [1.807, 2.05) is 13.0 Å². The third-order valence-corrected chi connectivity index (χ3v) is 3.82. The molecule has 1 aromatic heterocycles. The largest absolute Gasteiger partial charge is 0.492 e. The molecule has 138 valence electrons. The Morgan fingerprint density at radius 2 is 2.00 bits per heavy atom. The number of anilines is 3. The molecule has 2 N–H and O–H groups in total. The van der Waals surface area contributed by atoms with Crippen LogP contribution in [0.25, 0.3) is 0 Å². The number of carbonyl (C=O) groups excluding carboxylic acids is 1. The molecule has 0 aliphatic carbocycles. The van der Waals surface area contributed by atoms with Crippen LogP contribution in [-0.4, -0.2) is 22.5 Å². The summed E-state index contributed by atoms with van der Waals surface area (Å²) in [7, 11) is 0. The van der Waals surface area contributed by atoms with Gasteiger partial charge in [-0.25, -0.2) is 14.4 Å². The van der Waals surface area contributed by atoms with Gasteiger partial charge in [0, 0.05) is 11.8 Å². The Morgan fingerprint density at radius 3 is 2.78 bits per heavy atom. The fourth-order valence-corrected chi connectivity index (χ4v) is 2.49. The monoisotopic (exact) mass is 386 g/mol. The van der Waals surface area contributed by atoms with Crippen LogP contribution in [-0.2, 0) is 0 Å². The SMILES string of the molecule is CCOc1ccccc1NC(=O)c1cc(Nc2ccc(F)c(Cl)c2)ncn1. The fraction of sp³-hybridized carbons (Fsp3) is 0.105. The number of benzene rings is 2. The molecule has 1 amide bonds. The van der Waals surface area contributed by atoms with Gasteiger partial charge < -0.3 is 15.4 Å². The number of aromatic nitrogens is 2. The van der Waals surface area contributed by atoms with Crippen LogP contribution in [0.1, 0.15) is 17.4 Å². The topological polar surface area (TPSA) is 76.1 Å². The Balaban J connectivity index is 1.76. The Morgan fingerprint density at radius 1 is 1.19 bits per heavy atom. The molecule has 3 rings (SSSR count). The third-order valence-electron chi connectivity index (χ3n) is 3.53. The van der Waals surface area contributed by atoms with E-state index in [-0.39, 0.29) is 10.7 Å². The third kappa shape index (κ3) is 4.71. The number of ether oxygens (including phenoxy) is 1. The minimum atomic E-state index is -0.516. The summed E-state index contributed by atoms with van der Waals surface area (Å²) in [6.07, 6.45) is 1.26. The lowest BCUT2D eigenvalue weighted by molar-refractivity contribution is 0.102. The molecule has 0 radical (unpaired) electrons. The quantitative estimate of drug-likeness (QED) is 0.644. The van der Waals surface area contributed by atoms with E-state index in [4.69, 9.17) is 16.3 Å². The van der Waals surface area contributed by atoms with Gasteiger partial charge in [-0.3, -0.25) is 4.79 Å². The fourth-order valence-electron chi connectivity index (χ4n) is 2.31. The predicted molar refractivity (Wildman–Crippen MR) is 102 cm³/mol. The van der Waals surface area contributed by atoms with Crippen molar-refractivity contribution in [3.05, 3.63) is 71.4 Å². The number of nitrogens with zero attached hydrogens (tertiary/aromatic N) is 2. The van der Waals surface area contributed by atoms with E-state index >= 15 is 0 Å². The van der Waals surface area contributed by atoms with Crippen LogP contribution in [0.3, 0.4) is 0 Å². The maximum absolute atomic E-state index is 13.3. The summed E-state index contributed by atoms with van der Waals surface area (Å²) in [5.41, 5.74) is 1.24. The molecular formula is C19H16ClFN4O2. The van der Waals surface area contributed by atoms with Gasteiger partial charge in [0.2, 0.25) is 0 Å². The van der Waals surface area contributed by atoms with Gasteiger partial charge in [0.05, 0.1) is 17.3 Å². The van der Waals surface area contributed by atoms with Crippen molar-refractivity contribution in [1.82, 2.24) is 9.97 Å². The van der Waals surface area contributed by atoms with Crippen LogP contribution < -0.4 is 15.4 Å². The van der Waals surface area contributed by atoms with Crippen LogP contribution >= 0.6 is 11.6 Å². The molecule has 0 atom stereocenters. The summed E-state index contributed by atoms with van der Waals surface area (Å²) in [5.74, 6) is 0.0142. The zero-order valence-corrected chi connectivity index (χ0v) is 15.1. The van der Waals surface area contributed by atoms with E-state index < -0.39 is 11.7 Å². The molecule has 2 aromatic carbocycles. The lowest BCUT2D eigenvalue weighted by Gasteiger charge is -2.11. The summed E-state index contributed by atoms with van der Waals surface area (Å²) in [4.78, 5) is 20.6. The van der Waals surface area contributed by atoms with Crippen molar-refractivity contribution in [2.45, 2.75) is 6.92 Å². The number of nitrogens with one attached hydrogen (secondary N) is 2. The van der Waals surface area contributed by atoms with Crippen LogP contribution in [0, 0.1) is 5.82 Å². The molecular weight excluding hydrogens is 371 g/mol. The van der Waals surface area contributed by atoms with Crippen molar-refractivity contribution in [3.63, 3.8) is 0 Å². The minimum absolute atomic E-state index is 0.0143. The summed E-state index contributed by atoms with van der Waals surface area (Å²) in [5, 5.41) is 5.71. The molecule has 8 heteroatoms. The zero-order valence-electron chi connectivity index (χ0n) is 14.4. The number of para-hydroxylation sites is 2. The molecule has 1 heterocycles. The molecule has 0 bridgehead atoms. The number of halogens is 2. The normalized spacial score (nSPS) is 10.3. The van der Waals surface area contributed by atoms with Gasteiger partial charge in [-0.05, 0) is 37.3 Å². The summed E-state index contributed by atoms with van der Waals surface area (Å²) in [6, 6.07) is 12.8. The van der Waals surface area contributed by atoms with Crippen molar-refractivity contribution < 1.29 is 13.9 Å². The van der Waals surface area contributed by atoms with Gasteiger partial charge in [-0.15, -0.1) is 0 Å². The maximum Gasteiger partial charge on any atom is 0.274 e. The Labute approximate surface area is 160 Å². The van der Waals surface area contributed by atoms with Gasteiger partial charge in [-0.1, -0.05) is 23.7 Å². The lowest BCUT2D eigenvalue weighted by Crippen LogP contribution is -2.15.